The lowest BCUT2D eigenvalue weighted by Gasteiger charge is -2.35. The molecular formula is C21H18O10. The highest BCUT2D eigenvalue weighted by Crippen LogP contribution is 2.44. The monoisotopic (exact) mass is 430 g/mol. The molecule has 1 aliphatic rings. The molecule has 0 bridgehead atoms. The summed E-state index contributed by atoms with van der Waals surface area (Å²) in [4.78, 5) is 24.5. The van der Waals surface area contributed by atoms with Gasteiger partial charge in [0.2, 0.25) is 0 Å². The zero-order chi connectivity index (χ0) is 22.6. The third-order valence-corrected chi connectivity index (χ3v) is 5.23. The first-order chi connectivity index (χ1) is 14.6. The summed E-state index contributed by atoms with van der Waals surface area (Å²) in [7, 11) is 0. The molecule has 2 heterocycles. The molecule has 0 saturated carbocycles. The van der Waals surface area contributed by atoms with Crippen LogP contribution < -0.4 is 5.43 Å². The van der Waals surface area contributed by atoms with Gasteiger partial charge in [0.05, 0.1) is 5.56 Å². The van der Waals surface area contributed by atoms with Gasteiger partial charge in [-0.1, -0.05) is 0 Å². The van der Waals surface area contributed by atoms with Gasteiger partial charge in [0.15, 0.2) is 22.7 Å². The maximum Gasteiger partial charge on any atom is 0.197 e. The van der Waals surface area contributed by atoms with Crippen molar-refractivity contribution in [3.8, 4) is 34.3 Å². The number of fused-ring (bicyclic) bond motifs is 1. The lowest BCUT2D eigenvalue weighted by Crippen LogP contribution is -2.50. The molecule has 1 aromatic heterocycles. The minimum absolute atomic E-state index is 0.0112. The van der Waals surface area contributed by atoms with E-state index >= 15 is 0 Å². The lowest BCUT2D eigenvalue weighted by atomic mass is 9.91. The third-order valence-electron chi connectivity index (χ3n) is 5.23. The van der Waals surface area contributed by atoms with Crippen LogP contribution in [0.25, 0.3) is 22.3 Å². The Morgan fingerprint density at radius 1 is 0.903 bits per heavy atom. The van der Waals surface area contributed by atoms with E-state index in [2.05, 4.69) is 0 Å². The number of aliphatic hydroxyl groups excluding tert-OH is 2. The van der Waals surface area contributed by atoms with Crippen molar-refractivity contribution in [1.82, 2.24) is 0 Å². The number of phenols is 4. The van der Waals surface area contributed by atoms with Crippen molar-refractivity contribution in [2.75, 3.05) is 0 Å². The van der Waals surface area contributed by atoms with Gasteiger partial charge in [-0.3, -0.25) is 9.59 Å². The van der Waals surface area contributed by atoms with E-state index in [-0.39, 0.29) is 33.6 Å². The van der Waals surface area contributed by atoms with Gasteiger partial charge >= 0.3 is 0 Å². The molecule has 4 atom stereocenters. The van der Waals surface area contributed by atoms with Crippen molar-refractivity contribution in [3.63, 3.8) is 0 Å². The molecule has 0 spiro atoms. The highest BCUT2D eigenvalue weighted by molar-refractivity contribution is 5.90. The fourth-order valence-electron chi connectivity index (χ4n) is 3.58. The average molecular weight is 430 g/mol. The molecule has 1 saturated heterocycles. The fourth-order valence-corrected chi connectivity index (χ4v) is 3.58. The Bertz CT molecular complexity index is 1260. The van der Waals surface area contributed by atoms with Crippen LogP contribution in [0.1, 0.15) is 18.6 Å². The van der Waals surface area contributed by atoms with Crippen LogP contribution in [-0.2, 0) is 9.53 Å². The first-order valence-electron chi connectivity index (χ1n) is 9.20. The fraction of sp³-hybridized carbons (Fsp3) is 0.238. The number of Topliss-reactive ketones (excluding diaryl/α,β-unsaturated/α-hetero) is 1. The van der Waals surface area contributed by atoms with Gasteiger partial charge in [0.1, 0.15) is 52.6 Å². The van der Waals surface area contributed by atoms with Gasteiger partial charge in [-0.05, 0) is 25.1 Å². The Balaban J connectivity index is 1.88. The Labute approximate surface area is 173 Å². The molecule has 4 rings (SSSR count). The molecule has 0 radical (unpaired) electrons. The summed E-state index contributed by atoms with van der Waals surface area (Å²) in [5.41, 5.74) is -1.04. The number of carbonyl (C=O) groups is 1. The van der Waals surface area contributed by atoms with Crippen LogP contribution in [0.5, 0.6) is 23.0 Å². The molecule has 1 aliphatic heterocycles. The summed E-state index contributed by atoms with van der Waals surface area (Å²) in [6.07, 6.45) is -6.20. The van der Waals surface area contributed by atoms with Crippen LogP contribution in [0.15, 0.2) is 39.5 Å². The quantitative estimate of drug-likeness (QED) is 0.322. The summed E-state index contributed by atoms with van der Waals surface area (Å²) < 4.78 is 11.0. The van der Waals surface area contributed by atoms with Crippen LogP contribution >= 0.6 is 0 Å². The highest BCUT2D eigenvalue weighted by Gasteiger charge is 2.44. The van der Waals surface area contributed by atoms with E-state index in [0.717, 1.165) is 12.1 Å². The number of rotatable bonds is 2. The molecule has 10 nitrogen and oxygen atoms in total. The Hall–Kier alpha value is -3.60. The van der Waals surface area contributed by atoms with Crippen molar-refractivity contribution in [3.05, 3.63) is 46.1 Å². The summed E-state index contributed by atoms with van der Waals surface area (Å²) in [5, 5.41) is 60.2. The molecule has 3 aromatic rings. The number of hydrogen-bond acceptors (Lipinski definition) is 10. The van der Waals surface area contributed by atoms with E-state index in [0.29, 0.717) is 0 Å². The minimum atomic E-state index is -1.80. The van der Waals surface area contributed by atoms with Gasteiger partial charge in [0, 0.05) is 17.7 Å². The van der Waals surface area contributed by atoms with Gasteiger partial charge < -0.3 is 39.8 Å². The minimum Gasteiger partial charge on any atom is -0.507 e. The normalized spacial score (nSPS) is 23.9. The summed E-state index contributed by atoms with van der Waals surface area (Å²) in [5.74, 6) is -2.91. The maximum absolute atomic E-state index is 12.7. The molecule has 31 heavy (non-hydrogen) atoms. The average Bonchev–Trinajstić information content (AvgIpc) is 2.71. The van der Waals surface area contributed by atoms with Crippen LogP contribution in [-0.4, -0.2) is 54.7 Å². The van der Waals surface area contributed by atoms with Crippen molar-refractivity contribution >= 4 is 16.8 Å². The first kappa shape index (κ1) is 20.7. The predicted octanol–water partition coefficient (Wildman–Crippen LogP) is 1.03. The SMILES string of the molecule is CC1O[C@H](c2c(O)cc3oc(-c4ccc(O)c(O)c4)cc(=O)c3c2O)C(O)[C@@H](O)C1=O. The van der Waals surface area contributed by atoms with Crippen LogP contribution in [0, 0.1) is 0 Å². The van der Waals surface area contributed by atoms with Crippen LogP contribution in [0.2, 0.25) is 0 Å². The van der Waals surface area contributed by atoms with E-state index in [1.54, 1.807) is 0 Å². The molecule has 0 aliphatic carbocycles. The largest absolute Gasteiger partial charge is 0.507 e. The standard InChI is InChI=1S/C21H18O10/c1-7-17(26)19(28)20(29)21(30-7)16-12(25)6-14-15(18(16)27)11(24)5-13(31-14)8-2-3-9(22)10(23)4-8/h2-7,19-23,25,27-29H,1H3/t7?,19-,20?,21+/m0/s1. The smallest absolute Gasteiger partial charge is 0.197 e. The van der Waals surface area contributed by atoms with E-state index in [4.69, 9.17) is 9.15 Å². The predicted molar refractivity (Wildman–Crippen MR) is 105 cm³/mol. The second-order valence-electron chi connectivity index (χ2n) is 7.25. The first-order valence-corrected chi connectivity index (χ1v) is 9.20. The van der Waals surface area contributed by atoms with E-state index in [1.165, 1.54) is 25.1 Å². The maximum atomic E-state index is 12.7. The number of aliphatic hydroxyl groups is 2. The Morgan fingerprint density at radius 2 is 1.61 bits per heavy atom. The van der Waals surface area contributed by atoms with Crippen molar-refractivity contribution in [2.45, 2.75) is 31.3 Å². The van der Waals surface area contributed by atoms with Crippen molar-refractivity contribution in [2.24, 2.45) is 0 Å². The number of benzene rings is 2. The topological polar surface area (TPSA) is 178 Å². The lowest BCUT2D eigenvalue weighted by molar-refractivity contribution is -0.181. The second kappa shape index (κ2) is 7.27. The number of hydrogen-bond donors (Lipinski definition) is 6. The molecule has 10 heteroatoms. The summed E-state index contributed by atoms with van der Waals surface area (Å²) in [6.45, 7) is 1.34. The molecule has 6 N–H and O–H groups in total. The second-order valence-corrected chi connectivity index (χ2v) is 7.25. The van der Waals surface area contributed by atoms with Crippen molar-refractivity contribution < 1.29 is 44.6 Å². The molecule has 2 aromatic carbocycles. The third kappa shape index (κ3) is 3.26. The number of carbonyl (C=O) groups excluding carboxylic acids is 1. The summed E-state index contributed by atoms with van der Waals surface area (Å²) >= 11 is 0. The van der Waals surface area contributed by atoms with Gasteiger partial charge in [0.25, 0.3) is 0 Å². The zero-order valence-corrected chi connectivity index (χ0v) is 16.0. The van der Waals surface area contributed by atoms with Gasteiger partial charge in [-0.25, -0.2) is 0 Å². The molecule has 0 amide bonds. The van der Waals surface area contributed by atoms with Gasteiger partial charge in [-0.2, -0.15) is 0 Å². The van der Waals surface area contributed by atoms with Crippen LogP contribution in [0.4, 0.5) is 0 Å². The Kier molecular flexibility index (Phi) is 4.85. The van der Waals surface area contributed by atoms with Crippen molar-refractivity contribution in [1.29, 1.82) is 0 Å². The molecule has 1 fully saturated rings. The number of phenolic OH excluding ortho intramolecular Hbond substituents is 4. The summed E-state index contributed by atoms with van der Waals surface area (Å²) in [6, 6.07) is 5.81. The molecule has 2 unspecified atom stereocenters. The molecular weight excluding hydrogens is 412 g/mol. The molecule has 162 valence electrons. The van der Waals surface area contributed by atoms with E-state index in [1.807, 2.05) is 0 Å². The van der Waals surface area contributed by atoms with E-state index in [9.17, 15) is 40.2 Å². The zero-order valence-electron chi connectivity index (χ0n) is 16.0. The highest BCUT2D eigenvalue weighted by atomic mass is 16.5. The Morgan fingerprint density at radius 3 is 2.29 bits per heavy atom. The van der Waals surface area contributed by atoms with E-state index < -0.39 is 52.9 Å². The number of ketones is 1. The van der Waals surface area contributed by atoms with Gasteiger partial charge in [-0.15, -0.1) is 0 Å². The van der Waals surface area contributed by atoms with Crippen LogP contribution in [0.3, 0.4) is 0 Å². The number of aromatic hydroxyl groups is 4. The number of ether oxygens (including phenoxy) is 1.